The van der Waals surface area contributed by atoms with Crippen LogP contribution < -0.4 is 20.3 Å². The lowest BCUT2D eigenvalue weighted by molar-refractivity contribution is 0.192. The Hall–Kier alpha value is -4.00. The highest BCUT2D eigenvalue weighted by molar-refractivity contribution is 6.04. The Balaban J connectivity index is 1.52. The summed E-state index contributed by atoms with van der Waals surface area (Å²) in [6.07, 6.45) is 0.847. The smallest absolute Gasteiger partial charge is 0.324 e. The van der Waals surface area contributed by atoms with Gasteiger partial charge in [-0.2, -0.15) is 0 Å². The van der Waals surface area contributed by atoms with Gasteiger partial charge in [0.15, 0.2) is 0 Å². The molecule has 35 heavy (non-hydrogen) atoms. The van der Waals surface area contributed by atoms with Crippen molar-refractivity contribution in [3.05, 3.63) is 82.9 Å². The number of ether oxygens (including phenoxy) is 1. The van der Waals surface area contributed by atoms with Gasteiger partial charge in [-0.15, -0.1) is 0 Å². The normalized spacial score (nSPS) is 13.5. The second-order valence-corrected chi connectivity index (χ2v) is 8.96. The number of nitrogens with zero attached hydrogens (tertiary/aromatic N) is 2. The summed E-state index contributed by atoms with van der Waals surface area (Å²) in [6.45, 7) is 7.98. The van der Waals surface area contributed by atoms with Crippen LogP contribution in [0.1, 0.15) is 28.7 Å². The number of carbonyl (C=O) groups excluding carboxylic acids is 2. The van der Waals surface area contributed by atoms with Crippen LogP contribution in [0.25, 0.3) is 0 Å². The Morgan fingerprint density at radius 2 is 1.77 bits per heavy atom. The molecule has 1 aliphatic heterocycles. The van der Waals surface area contributed by atoms with Crippen LogP contribution in [0, 0.1) is 20.8 Å². The van der Waals surface area contributed by atoms with Gasteiger partial charge >= 0.3 is 12.1 Å². The lowest BCUT2D eigenvalue weighted by Crippen LogP contribution is -2.49. The lowest BCUT2D eigenvalue weighted by atomic mass is 10.1. The highest BCUT2D eigenvalue weighted by atomic mass is 16.5. The molecule has 0 unspecified atom stereocenters. The molecule has 0 saturated carbocycles. The Labute approximate surface area is 206 Å². The minimum atomic E-state index is -0.387. The number of urea groups is 2. The van der Waals surface area contributed by atoms with E-state index in [1.807, 2.05) is 42.2 Å². The summed E-state index contributed by atoms with van der Waals surface area (Å²) < 4.78 is 5.23. The standard InChI is InChI=1S/C28H32N4O3/c1-19-9-12-26(25(15-19)30-27(33)29-23-7-5-8-24(17-23)35-4)32-14-6-13-31(28(32)34)18-22-11-10-20(2)21(3)16-22/h5,7-12,15-17H,6,13-14,18H2,1-4H3,(H2,29,30,33). The maximum Gasteiger partial charge on any atom is 0.324 e. The number of hydrogen-bond acceptors (Lipinski definition) is 3. The molecule has 3 aromatic rings. The van der Waals surface area contributed by atoms with Gasteiger partial charge in [0.2, 0.25) is 0 Å². The Morgan fingerprint density at radius 3 is 2.54 bits per heavy atom. The number of benzene rings is 3. The van der Waals surface area contributed by atoms with Crippen molar-refractivity contribution >= 4 is 29.1 Å². The van der Waals surface area contributed by atoms with Crippen LogP contribution in [0.15, 0.2) is 60.7 Å². The van der Waals surface area contributed by atoms with Gasteiger partial charge in [-0.3, -0.25) is 4.90 Å². The molecule has 1 saturated heterocycles. The molecular formula is C28H32N4O3. The molecule has 0 spiro atoms. The predicted molar refractivity (Wildman–Crippen MR) is 140 cm³/mol. The van der Waals surface area contributed by atoms with Crippen LogP contribution in [0.4, 0.5) is 26.7 Å². The molecule has 182 valence electrons. The van der Waals surface area contributed by atoms with Crippen LogP contribution in [-0.2, 0) is 6.54 Å². The largest absolute Gasteiger partial charge is 0.497 e. The maximum atomic E-state index is 13.5. The number of anilines is 3. The van der Waals surface area contributed by atoms with Gasteiger partial charge in [0, 0.05) is 31.4 Å². The predicted octanol–water partition coefficient (Wildman–Crippen LogP) is 6.10. The summed E-state index contributed by atoms with van der Waals surface area (Å²) >= 11 is 0. The second-order valence-electron chi connectivity index (χ2n) is 8.96. The van der Waals surface area contributed by atoms with E-state index in [0.29, 0.717) is 42.4 Å². The Morgan fingerprint density at radius 1 is 0.943 bits per heavy atom. The molecule has 0 atom stereocenters. The molecule has 7 heteroatoms. The van der Waals surface area contributed by atoms with Gasteiger partial charge in [0.1, 0.15) is 5.75 Å². The summed E-state index contributed by atoms with van der Waals surface area (Å²) in [4.78, 5) is 29.9. The summed E-state index contributed by atoms with van der Waals surface area (Å²) in [5.74, 6) is 0.654. The van der Waals surface area contributed by atoms with Crippen molar-refractivity contribution < 1.29 is 14.3 Å². The van der Waals surface area contributed by atoms with E-state index in [4.69, 9.17) is 4.74 Å². The van der Waals surface area contributed by atoms with E-state index in [0.717, 1.165) is 17.5 Å². The topological polar surface area (TPSA) is 73.9 Å². The fraction of sp³-hybridized carbons (Fsp3) is 0.286. The van der Waals surface area contributed by atoms with E-state index in [9.17, 15) is 9.59 Å². The third-order valence-corrected chi connectivity index (χ3v) is 6.27. The first kappa shape index (κ1) is 24.1. The van der Waals surface area contributed by atoms with Crippen LogP contribution in [0.3, 0.4) is 0 Å². The van der Waals surface area contributed by atoms with E-state index in [-0.39, 0.29) is 12.1 Å². The number of methoxy groups -OCH3 is 1. The minimum absolute atomic E-state index is 0.0606. The third kappa shape index (κ3) is 5.74. The zero-order chi connectivity index (χ0) is 24.9. The van der Waals surface area contributed by atoms with Crippen molar-refractivity contribution in [3.8, 4) is 5.75 Å². The molecule has 2 N–H and O–H groups in total. The van der Waals surface area contributed by atoms with Crippen LogP contribution in [0.5, 0.6) is 5.75 Å². The minimum Gasteiger partial charge on any atom is -0.497 e. The number of aryl methyl sites for hydroxylation is 3. The molecule has 3 aromatic carbocycles. The van der Waals surface area contributed by atoms with Crippen LogP contribution in [-0.4, -0.2) is 37.2 Å². The van der Waals surface area contributed by atoms with Crippen molar-refractivity contribution in [1.29, 1.82) is 0 Å². The van der Waals surface area contributed by atoms with Crippen LogP contribution >= 0.6 is 0 Å². The zero-order valence-corrected chi connectivity index (χ0v) is 20.7. The molecule has 0 aliphatic carbocycles. The molecule has 4 amide bonds. The van der Waals surface area contributed by atoms with Gasteiger partial charge < -0.3 is 20.3 Å². The van der Waals surface area contributed by atoms with Gasteiger partial charge in [-0.1, -0.05) is 30.3 Å². The Kier molecular flexibility index (Phi) is 7.25. The molecule has 7 nitrogen and oxygen atoms in total. The second kappa shape index (κ2) is 10.5. The third-order valence-electron chi connectivity index (χ3n) is 6.27. The highest BCUT2D eigenvalue weighted by Crippen LogP contribution is 2.31. The molecule has 1 aliphatic rings. The average molecular weight is 473 g/mol. The van der Waals surface area contributed by atoms with Crippen LogP contribution in [0.2, 0.25) is 0 Å². The van der Waals surface area contributed by atoms with E-state index in [1.54, 1.807) is 24.1 Å². The summed E-state index contributed by atoms with van der Waals surface area (Å²) in [5, 5.41) is 5.76. The monoisotopic (exact) mass is 472 g/mol. The van der Waals surface area contributed by atoms with Crippen molar-refractivity contribution in [1.82, 2.24) is 4.90 Å². The van der Waals surface area contributed by atoms with Gasteiger partial charge in [-0.25, -0.2) is 9.59 Å². The molecule has 0 aromatic heterocycles. The van der Waals surface area contributed by atoms with Gasteiger partial charge in [0.05, 0.1) is 18.5 Å². The zero-order valence-electron chi connectivity index (χ0n) is 20.7. The molecule has 1 fully saturated rings. The summed E-state index contributed by atoms with van der Waals surface area (Å²) in [7, 11) is 1.58. The van der Waals surface area contributed by atoms with E-state index in [1.165, 1.54) is 11.1 Å². The van der Waals surface area contributed by atoms with Crippen molar-refractivity contribution in [2.75, 3.05) is 35.7 Å². The van der Waals surface area contributed by atoms with Gasteiger partial charge in [-0.05, 0) is 73.7 Å². The number of amides is 4. The number of carbonyl (C=O) groups is 2. The van der Waals surface area contributed by atoms with E-state index in [2.05, 4.69) is 42.7 Å². The first-order valence-electron chi connectivity index (χ1n) is 11.8. The number of hydrogen-bond donors (Lipinski definition) is 2. The van der Waals surface area contributed by atoms with Crippen molar-refractivity contribution in [3.63, 3.8) is 0 Å². The van der Waals surface area contributed by atoms with Crippen molar-refractivity contribution in [2.45, 2.75) is 33.7 Å². The number of rotatable bonds is 6. The first-order chi connectivity index (χ1) is 16.8. The summed E-state index contributed by atoms with van der Waals surface area (Å²) in [5.41, 5.74) is 6.45. The lowest BCUT2D eigenvalue weighted by Gasteiger charge is -2.36. The quantitative estimate of drug-likeness (QED) is 0.455. The van der Waals surface area contributed by atoms with E-state index >= 15 is 0 Å². The average Bonchev–Trinajstić information content (AvgIpc) is 2.83. The fourth-order valence-corrected chi connectivity index (χ4v) is 4.24. The summed E-state index contributed by atoms with van der Waals surface area (Å²) in [6, 6.07) is 18.8. The highest BCUT2D eigenvalue weighted by Gasteiger charge is 2.28. The Bertz CT molecular complexity index is 1240. The van der Waals surface area contributed by atoms with E-state index < -0.39 is 0 Å². The SMILES string of the molecule is COc1cccc(NC(=O)Nc2cc(C)ccc2N2CCCN(Cc3ccc(C)c(C)c3)C2=O)c1. The molecule has 0 radical (unpaired) electrons. The van der Waals surface area contributed by atoms with Crippen molar-refractivity contribution in [2.24, 2.45) is 0 Å². The first-order valence-corrected chi connectivity index (χ1v) is 11.8. The molecule has 4 rings (SSSR count). The fourth-order valence-electron chi connectivity index (χ4n) is 4.24. The molecular weight excluding hydrogens is 440 g/mol. The molecule has 0 bridgehead atoms. The molecule has 1 heterocycles. The maximum absolute atomic E-state index is 13.5. The van der Waals surface area contributed by atoms with Gasteiger partial charge in [0.25, 0.3) is 0 Å². The number of nitrogens with one attached hydrogen (secondary N) is 2.